The molecule has 2 heterocycles. The highest BCUT2D eigenvalue weighted by atomic mass is 19.1. The number of benzene rings is 1. The molecule has 2 aromatic rings. The number of hydrogen-bond acceptors (Lipinski definition) is 7. The Hall–Kier alpha value is -3.14. The van der Waals surface area contributed by atoms with Gasteiger partial charge in [0.25, 0.3) is 0 Å². The van der Waals surface area contributed by atoms with E-state index in [0.29, 0.717) is 12.2 Å². The van der Waals surface area contributed by atoms with Gasteiger partial charge in [-0.2, -0.15) is 0 Å². The van der Waals surface area contributed by atoms with E-state index >= 15 is 0 Å². The second-order valence-electron chi connectivity index (χ2n) is 5.68. The fraction of sp³-hybridized carbons (Fsp3) is 0.294. The quantitative estimate of drug-likeness (QED) is 0.819. The van der Waals surface area contributed by atoms with Crippen molar-refractivity contribution in [3.05, 3.63) is 47.9 Å². The van der Waals surface area contributed by atoms with E-state index in [0.717, 1.165) is 12.1 Å². The van der Waals surface area contributed by atoms with Crippen molar-refractivity contribution in [2.24, 2.45) is 4.99 Å². The first-order chi connectivity index (χ1) is 13.0. The lowest BCUT2D eigenvalue weighted by atomic mass is 10.2. The van der Waals surface area contributed by atoms with Gasteiger partial charge in [0, 0.05) is 12.8 Å². The molecule has 142 valence electrons. The first-order valence-corrected chi connectivity index (χ1v) is 8.10. The van der Waals surface area contributed by atoms with E-state index in [1.165, 1.54) is 29.7 Å². The van der Waals surface area contributed by atoms with Gasteiger partial charge in [0.15, 0.2) is 5.82 Å². The Morgan fingerprint density at radius 2 is 2.22 bits per heavy atom. The van der Waals surface area contributed by atoms with Gasteiger partial charge in [-0.1, -0.05) is 6.07 Å². The number of amides is 1. The lowest BCUT2D eigenvalue weighted by Crippen LogP contribution is -2.46. The molecule has 3 rings (SSSR count). The fourth-order valence-electron chi connectivity index (χ4n) is 2.42. The van der Waals surface area contributed by atoms with Crippen molar-refractivity contribution >= 4 is 23.8 Å². The van der Waals surface area contributed by atoms with E-state index in [1.807, 2.05) is 0 Å². The fourth-order valence-corrected chi connectivity index (χ4v) is 2.42. The molecule has 0 saturated carbocycles. The standard InChI is InChI=1S/C17H17F2N5O3/c18-13-2-1-3-14(19)12(13)9-27-17(25)24-4-5-26-11(8-24)6-22-15-7-21-10-23-16(15)20/h1-3,6-7,10-11H,4-5,8-9H2,(H2,20,21,23)/b22-6+/t11-/m1/s1. The van der Waals surface area contributed by atoms with Gasteiger partial charge in [-0.25, -0.2) is 23.5 Å². The van der Waals surface area contributed by atoms with Crippen LogP contribution in [-0.2, 0) is 16.1 Å². The number of carbonyl (C=O) groups excluding carboxylic acids is 1. The zero-order valence-electron chi connectivity index (χ0n) is 14.2. The Labute approximate surface area is 153 Å². The van der Waals surface area contributed by atoms with Crippen LogP contribution < -0.4 is 5.73 Å². The predicted octanol–water partition coefficient (Wildman–Crippen LogP) is 2.08. The van der Waals surface area contributed by atoms with Crippen molar-refractivity contribution in [1.29, 1.82) is 0 Å². The zero-order chi connectivity index (χ0) is 19.2. The summed E-state index contributed by atoms with van der Waals surface area (Å²) >= 11 is 0. The molecule has 1 fully saturated rings. The maximum absolute atomic E-state index is 13.6. The summed E-state index contributed by atoms with van der Waals surface area (Å²) < 4.78 is 37.7. The van der Waals surface area contributed by atoms with Gasteiger partial charge in [0.1, 0.15) is 36.4 Å². The van der Waals surface area contributed by atoms with E-state index in [2.05, 4.69) is 15.0 Å². The van der Waals surface area contributed by atoms with Crippen LogP contribution in [0.2, 0.25) is 0 Å². The summed E-state index contributed by atoms with van der Waals surface area (Å²) in [5, 5.41) is 0. The van der Waals surface area contributed by atoms with Gasteiger partial charge >= 0.3 is 6.09 Å². The molecule has 0 unspecified atom stereocenters. The number of anilines is 1. The summed E-state index contributed by atoms with van der Waals surface area (Å²) in [7, 11) is 0. The van der Waals surface area contributed by atoms with Crippen molar-refractivity contribution in [2.75, 3.05) is 25.4 Å². The molecule has 10 heteroatoms. The minimum Gasteiger partial charge on any atom is -0.444 e. The van der Waals surface area contributed by atoms with Gasteiger partial charge < -0.3 is 20.1 Å². The Kier molecular flexibility index (Phi) is 5.87. The smallest absolute Gasteiger partial charge is 0.410 e. The molecule has 1 aromatic carbocycles. The number of nitrogen functional groups attached to an aromatic ring is 1. The largest absolute Gasteiger partial charge is 0.444 e. The number of aliphatic imine (C=N–C) groups is 1. The van der Waals surface area contributed by atoms with Crippen LogP contribution in [0.4, 0.5) is 25.1 Å². The molecule has 0 aliphatic carbocycles. The number of ether oxygens (including phenoxy) is 2. The summed E-state index contributed by atoms with van der Waals surface area (Å²) in [6.45, 7) is 0.237. The Balaban J connectivity index is 1.57. The lowest BCUT2D eigenvalue weighted by Gasteiger charge is -2.30. The molecule has 27 heavy (non-hydrogen) atoms. The van der Waals surface area contributed by atoms with Crippen LogP contribution in [0.1, 0.15) is 5.56 Å². The molecule has 1 aliphatic rings. The summed E-state index contributed by atoms with van der Waals surface area (Å²) in [4.78, 5) is 25.4. The first kappa shape index (κ1) is 18.6. The Morgan fingerprint density at radius 3 is 2.96 bits per heavy atom. The van der Waals surface area contributed by atoms with Crippen LogP contribution >= 0.6 is 0 Å². The van der Waals surface area contributed by atoms with E-state index in [-0.39, 0.29) is 24.5 Å². The van der Waals surface area contributed by atoms with Crippen molar-refractivity contribution in [1.82, 2.24) is 14.9 Å². The topological polar surface area (TPSA) is 103 Å². The van der Waals surface area contributed by atoms with Crippen molar-refractivity contribution in [3.8, 4) is 0 Å². The Morgan fingerprint density at radius 1 is 1.44 bits per heavy atom. The van der Waals surface area contributed by atoms with Crippen LogP contribution in [0.5, 0.6) is 0 Å². The second kappa shape index (κ2) is 8.49. The molecule has 0 radical (unpaired) electrons. The third-order valence-corrected chi connectivity index (χ3v) is 3.86. The predicted molar refractivity (Wildman–Crippen MR) is 92.5 cm³/mol. The maximum atomic E-state index is 13.6. The number of morpholine rings is 1. The zero-order valence-corrected chi connectivity index (χ0v) is 14.2. The molecule has 1 saturated heterocycles. The molecule has 2 N–H and O–H groups in total. The lowest BCUT2D eigenvalue weighted by molar-refractivity contribution is 0.00294. The normalized spacial score (nSPS) is 17.3. The van der Waals surface area contributed by atoms with Crippen LogP contribution in [0, 0.1) is 11.6 Å². The number of nitrogens with two attached hydrogens (primary N) is 1. The highest BCUT2D eigenvalue weighted by Gasteiger charge is 2.25. The molecule has 1 aromatic heterocycles. The summed E-state index contributed by atoms with van der Waals surface area (Å²) in [6, 6.07) is 3.45. The number of halogens is 2. The molecular formula is C17H17F2N5O3. The minimum absolute atomic E-state index is 0.176. The van der Waals surface area contributed by atoms with Gasteiger partial charge in [0.2, 0.25) is 0 Å². The third-order valence-electron chi connectivity index (χ3n) is 3.86. The van der Waals surface area contributed by atoms with Gasteiger partial charge in [0.05, 0.1) is 24.9 Å². The van der Waals surface area contributed by atoms with Crippen LogP contribution in [0.3, 0.4) is 0 Å². The van der Waals surface area contributed by atoms with E-state index in [9.17, 15) is 13.6 Å². The maximum Gasteiger partial charge on any atom is 0.410 e. The summed E-state index contributed by atoms with van der Waals surface area (Å²) in [5.41, 5.74) is 5.77. The van der Waals surface area contributed by atoms with E-state index in [1.54, 1.807) is 0 Å². The Bertz CT molecular complexity index is 829. The van der Waals surface area contributed by atoms with Crippen molar-refractivity contribution in [2.45, 2.75) is 12.7 Å². The van der Waals surface area contributed by atoms with Crippen LogP contribution in [0.15, 0.2) is 35.7 Å². The van der Waals surface area contributed by atoms with E-state index in [4.69, 9.17) is 15.2 Å². The molecule has 1 aliphatic heterocycles. The van der Waals surface area contributed by atoms with E-state index < -0.39 is 30.4 Å². The second-order valence-corrected chi connectivity index (χ2v) is 5.68. The van der Waals surface area contributed by atoms with Crippen LogP contribution in [0.25, 0.3) is 0 Å². The SMILES string of the molecule is Nc1ncncc1/N=C/[C@@H]1CN(C(=O)OCc2c(F)cccc2F)CCO1. The molecule has 8 nitrogen and oxygen atoms in total. The van der Waals surface area contributed by atoms with Crippen molar-refractivity contribution in [3.63, 3.8) is 0 Å². The van der Waals surface area contributed by atoms with Crippen molar-refractivity contribution < 1.29 is 23.0 Å². The number of aromatic nitrogens is 2. The molecule has 0 spiro atoms. The van der Waals surface area contributed by atoms with Gasteiger partial charge in [-0.3, -0.25) is 4.99 Å². The molecular weight excluding hydrogens is 360 g/mol. The average molecular weight is 377 g/mol. The minimum atomic E-state index is -0.766. The molecule has 0 bridgehead atoms. The monoisotopic (exact) mass is 377 g/mol. The molecule has 1 atom stereocenters. The number of nitrogens with zero attached hydrogens (tertiary/aromatic N) is 4. The highest BCUT2D eigenvalue weighted by Crippen LogP contribution is 2.17. The van der Waals surface area contributed by atoms with Crippen LogP contribution in [-0.4, -0.2) is 53.0 Å². The summed E-state index contributed by atoms with van der Waals surface area (Å²) in [5.74, 6) is -1.31. The van der Waals surface area contributed by atoms with Gasteiger partial charge in [-0.15, -0.1) is 0 Å². The van der Waals surface area contributed by atoms with Gasteiger partial charge in [-0.05, 0) is 12.1 Å². The highest BCUT2D eigenvalue weighted by molar-refractivity contribution is 5.73. The third kappa shape index (κ3) is 4.73. The first-order valence-electron chi connectivity index (χ1n) is 8.10. The molecule has 1 amide bonds. The number of carbonyl (C=O) groups is 1. The average Bonchev–Trinajstić information content (AvgIpc) is 2.67. The number of hydrogen-bond donors (Lipinski definition) is 1. The summed E-state index contributed by atoms with van der Waals surface area (Å²) in [6.07, 6.45) is 3.07. The number of rotatable bonds is 4.